The molecule has 14 heavy (non-hydrogen) atoms. The van der Waals surface area contributed by atoms with Crippen LogP contribution in [-0.2, 0) is 13.0 Å². The molecule has 1 aromatic rings. The molecule has 1 aromatic carbocycles. The highest BCUT2D eigenvalue weighted by atomic mass is 16.3. The summed E-state index contributed by atoms with van der Waals surface area (Å²) in [4.78, 5) is 1.77. The Balaban J connectivity index is 2.38. The zero-order chi connectivity index (χ0) is 10.1. The number of hydrogen-bond acceptors (Lipinski definition) is 2. The summed E-state index contributed by atoms with van der Waals surface area (Å²) in [7, 11) is 0. The number of fused-ring (bicyclic) bond motifs is 1. The van der Waals surface area contributed by atoms with E-state index in [1.165, 1.54) is 0 Å². The maximum Gasteiger partial charge on any atom is 0.192 e. The first-order valence-corrected chi connectivity index (χ1v) is 4.56. The summed E-state index contributed by atoms with van der Waals surface area (Å²) in [5.74, 6) is 0.0838. The van der Waals surface area contributed by atoms with Crippen LogP contribution in [0, 0.1) is 5.41 Å². The molecule has 0 saturated heterocycles. The quantitative estimate of drug-likeness (QED) is 0.445. The largest absolute Gasteiger partial charge is 0.392 e. The number of anilines is 1. The summed E-state index contributed by atoms with van der Waals surface area (Å²) in [5, 5.41) is 16.3. The van der Waals surface area contributed by atoms with Crippen molar-refractivity contribution in [2.24, 2.45) is 5.73 Å². The monoisotopic (exact) mass is 191 g/mol. The molecule has 1 heterocycles. The standard InChI is InChI=1S/C10H13N3O/c11-10(12)13-4-3-8-5-7(6-14)1-2-9(8)13/h1-2,5,14H,3-4,6H2,(H3,11,12). The molecule has 1 aliphatic heterocycles. The number of nitrogens with zero attached hydrogens (tertiary/aromatic N) is 1. The maximum absolute atomic E-state index is 8.96. The van der Waals surface area contributed by atoms with Gasteiger partial charge in [-0.3, -0.25) is 5.41 Å². The van der Waals surface area contributed by atoms with E-state index in [0.717, 1.165) is 29.8 Å². The lowest BCUT2D eigenvalue weighted by atomic mass is 10.1. The minimum Gasteiger partial charge on any atom is -0.392 e. The number of hydrogen-bond donors (Lipinski definition) is 3. The van der Waals surface area contributed by atoms with E-state index in [9.17, 15) is 0 Å². The summed E-state index contributed by atoms with van der Waals surface area (Å²) in [6.07, 6.45) is 0.892. The van der Waals surface area contributed by atoms with Crippen molar-refractivity contribution >= 4 is 11.6 Å². The molecule has 0 atom stereocenters. The molecule has 2 rings (SSSR count). The molecule has 0 unspecified atom stereocenters. The first kappa shape index (κ1) is 9.02. The Labute approximate surface area is 82.5 Å². The van der Waals surface area contributed by atoms with Gasteiger partial charge in [0.2, 0.25) is 0 Å². The zero-order valence-corrected chi connectivity index (χ0v) is 7.83. The first-order chi connectivity index (χ1) is 6.72. The molecule has 0 fully saturated rings. The van der Waals surface area contributed by atoms with E-state index >= 15 is 0 Å². The minimum absolute atomic E-state index is 0.0628. The molecule has 4 heteroatoms. The molecule has 0 aliphatic carbocycles. The predicted octanol–water partition coefficient (Wildman–Crippen LogP) is 0.435. The number of benzene rings is 1. The molecule has 0 amide bonds. The van der Waals surface area contributed by atoms with Gasteiger partial charge in [0.1, 0.15) is 0 Å². The minimum atomic E-state index is 0.0628. The van der Waals surface area contributed by atoms with Gasteiger partial charge in [-0.15, -0.1) is 0 Å². The van der Waals surface area contributed by atoms with Crippen LogP contribution in [0.3, 0.4) is 0 Å². The highest BCUT2D eigenvalue weighted by molar-refractivity contribution is 5.94. The van der Waals surface area contributed by atoms with Crippen LogP contribution >= 0.6 is 0 Å². The van der Waals surface area contributed by atoms with Gasteiger partial charge in [-0.2, -0.15) is 0 Å². The molecule has 0 saturated carbocycles. The summed E-state index contributed by atoms with van der Waals surface area (Å²) >= 11 is 0. The van der Waals surface area contributed by atoms with Gasteiger partial charge in [0.25, 0.3) is 0 Å². The predicted molar refractivity (Wildman–Crippen MR) is 55.3 cm³/mol. The number of nitrogens with two attached hydrogens (primary N) is 1. The van der Waals surface area contributed by atoms with Crippen molar-refractivity contribution in [1.82, 2.24) is 0 Å². The molecule has 0 aromatic heterocycles. The van der Waals surface area contributed by atoms with Crippen LogP contribution in [0.5, 0.6) is 0 Å². The molecule has 1 aliphatic rings. The number of aliphatic hydroxyl groups is 1. The fraction of sp³-hybridized carbons (Fsp3) is 0.300. The van der Waals surface area contributed by atoms with Crippen LogP contribution < -0.4 is 10.6 Å². The Kier molecular flexibility index (Phi) is 2.13. The topological polar surface area (TPSA) is 73.3 Å². The van der Waals surface area contributed by atoms with Gasteiger partial charge in [-0.25, -0.2) is 0 Å². The molecule has 0 bridgehead atoms. The van der Waals surface area contributed by atoms with Crippen LogP contribution in [-0.4, -0.2) is 17.6 Å². The van der Waals surface area contributed by atoms with Crippen LogP contribution in [0.1, 0.15) is 11.1 Å². The Morgan fingerprint density at radius 2 is 2.36 bits per heavy atom. The van der Waals surface area contributed by atoms with Crippen LogP contribution in [0.15, 0.2) is 18.2 Å². The van der Waals surface area contributed by atoms with Gasteiger partial charge >= 0.3 is 0 Å². The van der Waals surface area contributed by atoms with Gasteiger partial charge in [0.15, 0.2) is 5.96 Å². The second-order valence-electron chi connectivity index (χ2n) is 3.41. The van der Waals surface area contributed by atoms with Crippen molar-refractivity contribution < 1.29 is 5.11 Å². The fourth-order valence-corrected chi connectivity index (χ4v) is 1.80. The van der Waals surface area contributed by atoms with E-state index < -0.39 is 0 Å². The van der Waals surface area contributed by atoms with E-state index in [0.29, 0.717) is 0 Å². The zero-order valence-electron chi connectivity index (χ0n) is 7.83. The van der Waals surface area contributed by atoms with Crippen molar-refractivity contribution in [3.63, 3.8) is 0 Å². The smallest absolute Gasteiger partial charge is 0.192 e. The molecular weight excluding hydrogens is 178 g/mol. The Hall–Kier alpha value is -1.55. The summed E-state index contributed by atoms with van der Waals surface area (Å²) in [5.41, 5.74) is 8.51. The number of rotatable bonds is 1. The van der Waals surface area contributed by atoms with Gasteiger partial charge in [0, 0.05) is 12.2 Å². The molecule has 0 radical (unpaired) electrons. The molecule has 74 valence electrons. The maximum atomic E-state index is 8.96. The lowest BCUT2D eigenvalue weighted by Gasteiger charge is -2.16. The van der Waals surface area contributed by atoms with Crippen molar-refractivity contribution in [2.45, 2.75) is 13.0 Å². The second kappa shape index (κ2) is 3.31. The SMILES string of the molecule is N=C(N)N1CCc2cc(CO)ccc21. The van der Waals surface area contributed by atoms with Crippen molar-refractivity contribution in [2.75, 3.05) is 11.4 Å². The lowest BCUT2D eigenvalue weighted by Crippen LogP contribution is -2.34. The molecule has 4 N–H and O–H groups in total. The fourth-order valence-electron chi connectivity index (χ4n) is 1.80. The van der Waals surface area contributed by atoms with E-state index in [-0.39, 0.29) is 12.6 Å². The third-order valence-electron chi connectivity index (χ3n) is 2.51. The van der Waals surface area contributed by atoms with Crippen LogP contribution in [0.2, 0.25) is 0 Å². The molecule has 4 nitrogen and oxygen atoms in total. The van der Waals surface area contributed by atoms with Crippen molar-refractivity contribution in [3.8, 4) is 0 Å². The van der Waals surface area contributed by atoms with E-state index in [1.54, 1.807) is 4.90 Å². The van der Waals surface area contributed by atoms with Crippen molar-refractivity contribution in [1.29, 1.82) is 5.41 Å². The second-order valence-corrected chi connectivity index (χ2v) is 3.41. The van der Waals surface area contributed by atoms with Crippen LogP contribution in [0.4, 0.5) is 5.69 Å². The summed E-state index contributed by atoms with van der Waals surface area (Å²) < 4.78 is 0. The summed E-state index contributed by atoms with van der Waals surface area (Å²) in [6.45, 7) is 0.826. The van der Waals surface area contributed by atoms with E-state index in [4.69, 9.17) is 16.2 Å². The Morgan fingerprint density at radius 1 is 1.57 bits per heavy atom. The third-order valence-corrected chi connectivity index (χ3v) is 2.51. The number of nitrogens with one attached hydrogen (secondary N) is 1. The average molecular weight is 191 g/mol. The Morgan fingerprint density at radius 3 is 3.00 bits per heavy atom. The number of aliphatic hydroxyl groups excluding tert-OH is 1. The van der Waals surface area contributed by atoms with E-state index in [2.05, 4.69) is 0 Å². The highest BCUT2D eigenvalue weighted by Gasteiger charge is 2.20. The first-order valence-electron chi connectivity index (χ1n) is 4.56. The molecular formula is C10H13N3O. The normalized spacial score (nSPS) is 14.2. The Bertz CT molecular complexity index is 376. The van der Waals surface area contributed by atoms with Gasteiger partial charge < -0.3 is 15.7 Å². The number of guanidine groups is 1. The van der Waals surface area contributed by atoms with Gasteiger partial charge in [-0.05, 0) is 23.6 Å². The highest BCUT2D eigenvalue weighted by Crippen LogP contribution is 2.28. The average Bonchev–Trinajstić information content (AvgIpc) is 2.59. The lowest BCUT2D eigenvalue weighted by molar-refractivity contribution is 0.282. The summed E-state index contributed by atoms with van der Waals surface area (Å²) in [6, 6.07) is 5.74. The van der Waals surface area contributed by atoms with E-state index in [1.807, 2.05) is 18.2 Å². The molecule has 0 spiro atoms. The van der Waals surface area contributed by atoms with Crippen molar-refractivity contribution in [3.05, 3.63) is 29.3 Å². The van der Waals surface area contributed by atoms with Gasteiger partial charge in [-0.1, -0.05) is 12.1 Å². The van der Waals surface area contributed by atoms with Crippen LogP contribution in [0.25, 0.3) is 0 Å². The third kappa shape index (κ3) is 1.33. The van der Waals surface area contributed by atoms with Gasteiger partial charge in [0.05, 0.1) is 6.61 Å².